The Morgan fingerprint density at radius 2 is 1.85 bits per heavy atom. The highest BCUT2D eigenvalue weighted by molar-refractivity contribution is 7.13. The quantitative estimate of drug-likeness (QED) is 0.322. The molecule has 1 fully saturated rings. The SMILES string of the molecule is O=C(NC[C@@H]1CCCO1)[C@@H](c1ccc(F)cc1)N(Cc1ccc(F)cc1)C(=O)Cn1nnc(-c2cccs2)n1. The second-order valence-corrected chi connectivity index (χ2v) is 10.1. The Morgan fingerprint density at radius 1 is 1.10 bits per heavy atom. The molecular weight excluding hydrogens is 526 g/mol. The van der Waals surface area contributed by atoms with E-state index in [1.165, 1.54) is 57.4 Å². The number of ether oxygens (including phenoxy) is 1. The van der Waals surface area contributed by atoms with Crippen molar-refractivity contribution in [3.05, 3.63) is 88.8 Å². The van der Waals surface area contributed by atoms with E-state index in [9.17, 15) is 18.4 Å². The number of hydrogen-bond acceptors (Lipinski definition) is 7. The summed E-state index contributed by atoms with van der Waals surface area (Å²) < 4.78 is 33.0. The summed E-state index contributed by atoms with van der Waals surface area (Å²) in [5.74, 6) is -1.43. The van der Waals surface area contributed by atoms with Gasteiger partial charge in [0.1, 0.15) is 24.2 Å². The van der Waals surface area contributed by atoms with Crippen LogP contribution in [0, 0.1) is 11.6 Å². The fraction of sp³-hybridized carbons (Fsp3) is 0.296. The Kier molecular flexibility index (Phi) is 8.33. The highest BCUT2D eigenvalue weighted by Gasteiger charge is 2.33. The van der Waals surface area contributed by atoms with Crippen LogP contribution in [0.1, 0.15) is 30.0 Å². The van der Waals surface area contributed by atoms with Gasteiger partial charge in [-0.1, -0.05) is 30.3 Å². The average Bonchev–Trinajstić information content (AvgIpc) is 3.72. The Bertz CT molecular complexity index is 1390. The molecule has 1 aliphatic rings. The lowest BCUT2D eigenvalue weighted by atomic mass is 10.0. The van der Waals surface area contributed by atoms with E-state index in [0.717, 1.165) is 17.7 Å². The number of aromatic nitrogens is 4. The summed E-state index contributed by atoms with van der Waals surface area (Å²) in [6.07, 6.45) is 1.62. The monoisotopic (exact) mass is 552 g/mol. The van der Waals surface area contributed by atoms with Crippen molar-refractivity contribution in [1.29, 1.82) is 0 Å². The fourth-order valence-electron chi connectivity index (χ4n) is 4.37. The summed E-state index contributed by atoms with van der Waals surface area (Å²) in [5.41, 5.74) is 1.03. The number of nitrogens with one attached hydrogen (secondary N) is 1. The van der Waals surface area contributed by atoms with E-state index in [1.807, 2.05) is 17.5 Å². The molecule has 9 nitrogen and oxygen atoms in total. The Balaban J connectivity index is 1.45. The molecule has 0 unspecified atom stereocenters. The fourth-order valence-corrected chi connectivity index (χ4v) is 5.02. The molecule has 0 bridgehead atoms. The number of rotatable bonds is 10. The molecule has 12 heteroatoms. The molecule has 0 aliphatic carbocycles. The van der Waals surface area contributed by atoms with E-state index in [0.29, 0.717) is 23.6 Å². The molecule has 4 aromatic rings. The van der Waals surface area contributed by atoms with Crippen LogP contribution in [-0.4, -0.2) is 56.2 Å². The number of halogens is 2. The van der Waals surface area contributed by atoms with Crippen molar-refractivity contribution in [3.8, 4) is 10.7 Å². The lowest BCUT2D eigenvalue weighted by Crippen LogP contribution is -2.46. The molecule has 1 saturated heterocycles. The molecule has 0 spiro atoms. The summed E-state index contributed by atoms with van der Waals surface area (Å²) in [6.45, 7) is 0.608. The van der Waals surface area contributed by atoms with Crippen molar-refractivity contribution in [1.82, 2.24) is 30.4 Å². The lowest BCUT2D eigenvalue weighted by Gasteiger charge is -2.31. The molecule has 2 aromatic heterocycles. The van der Waals surface area contributed by atoms with Gasteiger partial charge >= 0.3 is 0 Å². The zero-order valence-corrected chi connectivity index (χ0v) is 21.7. The molecule has 1 N–H and O–H groups in total. The van der Waals surface area contributed by atoms with Gasteiger partial charge in [-0.25, -0.2) is 8.78 Å². The van der Waals surface area contributed by atoms with Gasteiger partial charge in [0.05, 0.1) is 11.0 Å². The minimum Gasteiger partial charge on any atom is -0.376 e. The predicted molar refractivity (Wildman–Crippen MR) is 139 cm³/mol. The number of hydrogen-bond donors (Lipinski definition) is 1. The van der Waals surface area contributed by atoms with Crippen LogP contribution in [0.5, 0.6) is 0 Å². The summed E-state index contributed by atoms with van der Waals surface area (Å²) in [6, 6.07) is 13.7. The first-order valence-corrected chi connectivity index (χ1v) is 13.3. The van der Waals surface area contributed by atoms with E-state index < -0.39 is 29.5 Å². The van der Waals surface area contributed by atoms with Crippen LogP contribution in [0.15, 0.2) is 66.0 Å². The van der Waals surface area contributed by atoms with Crippen LogP contribution in [0.4, 0.5) is 8.78 Å². The average molecular weight is 553 g/mol. The summed E-state index contributed by atoms with van der Waals surface area (Å²) in [4.78, 5) is 30.7. The molecular formula is C27H26F2N6O3S. The third-order valence-corrected chi connectivity index (χ3v) is 7.20. The zero-order valence-electron chi connectivity index (χ0n) is 20.9. The summed E-state index contributed by atoms with van der Waals surface area (Å²) in [7, 11) is 0. The second-order valence-electron chi connectivity index (χ2n) is 9.10. The molecule has 2 amide bonds. The van der Waals surface area contributed by atoms with Gasteiger partial charge in [-0.2, -0.15) is 4.80 Å². The molecule has 0 saturated carbocycles. The molecule has 5 rings (SSSR count). The standard InChI is InChI=1S/C27H26F2N6O3S/c28-20-9-5-18(6-10-20)16-34(24(36)17-35-32-26(31-33-35)23-4-2-14-39-23)25(19-7-11-21(29)12-8-19)27(37)30-15-22-3-1-13-38-22/h2,4-12,14,22,25H,1,3,13,15-17H2,(H,30,37)/t22-,25+/m0/s1. The van der Waals surface area contributed by atoms with Crippen molar-refractivity contribution in [2.45, 2.75) is 38.1 Å². The van der Waals surface area contributed by atoms with Crippen LogP contribution in [0.3, 0.4) is 0 Å². The third-order valence-electron chi connectivity index (χ3n) is 6.33. The first-order valence-electron chi connectivity index (χ1n) is 12.5. The van der Waals surface area contributed by atoms with E-state index >= 15 is 0 Å². The van der Waals surface area contributed by atoms with E-state index in [4.69, 9.17) is 4.74 Å². The van der Waals surface area contributed by atoms with Crippen LogP contribution in [0.25, 0.3) is 10.7 Å². The number of carbonyl (C=O) groups excluding carboxylic acids is 2. The van der Waals surface area contributed by atoms with Crippen LogP contribution in [-0.2, 0) is 27.4 Å². The molecule has 2 atom stereocenters. The maximum atomic E-state index is 13.8. The van der Waals surface area contributed by atoms with Crippen LogP contribution < -0.4 is 5.32 Å². The number of thiophene rings is 1. The van der Waals surface area contributed by atoms with Crippen molar-refractivity contribution < 1.29 is 23.1 Å². The summed E-state index contributed by atoms with van der Waals surface area (Å²) in [5, 5.41) is 17.1. The van der Waals surface area contributed by atoms with Gasteiger partial charge in [0.25, 0.3) is 0 Å². The van der Waals surface area contributed by atoms with E-state index in [2.05, 4.69) is 20.7 Å². The van der Waals surface area contributed by atoms with E-state index in [-0.39, 0.29) is 25.7 Å². The number of tetrazole rings is 1. The van der Waals surface area contributed by atoms with Crippen LogP contribution >= 0.6 is 11.3 Å². The minimum absolute atomic E-state index is 0.0129. The first kappa shape index (κ1) is 26.6. The molecule has 39 heavy (non-hydrogen) atoms. The highest BCUT2D eigenvalue weighted by Crippen LogP contribution is 2.26. The highest BCUT2D eigenvalue weighted by atomic mass is 32.1. The van der Waals surface area contributed by atoms with Crippen molar-refractivity contribution in [2.75, 3.05) is 13.2 Å². The molecule has 0 radical (unpaired) electrons. The van der Waals surface area contributed by atoms with Crippen molar-refractivity contribution in [3.63, 3.8) is 0 Å². The molecule has 1 aliphatic heterocycles. The first-order chi connectivity index (χ1) is 19.0. The van der Waals surface area contributed by atoms with Gasteiger partial charge in [-0.05, 0) is 64.9 Å². The normalized spacial score (nSPS) is 15.7. The van der Waals surface area contributed by atoms with Crippen molar-refractivity contribution >= 4 is 23.2 Å². The smallest absolute Gasteiger partial charge is 0.247 e. The van der Waals surface area contributed by atoms with Gasteiger partial charge in [0.15, 0.2) is 0 Å². The second kappa shape index (κ2) is 12.2. The molecule has 202 valence electrons. The number of carbonyl (C=O) groups is 2. The maximum Gasteiger partial charge on any atom is 0.247 e. The number of amides is 2. The van der Waals surface area contributed by atoms with E-state index in [1.54, 1.807) is 12.1 Å². The molecule has 3 heterocycles. The predicted octanol–water partition coefficient (Wildman–Crippen LogP) is 3.75. The summed E-state index contributed by atoms with van der Waals surface area (Å²) >= 11 is 1.44. The number of benzene rings is 2. The molecule has 2 aromatic carbocycles. The third kappa shape index (κ3) is 6.70. The largest absolute Gasteiger partial charge is 0.376 e. The van der Waals surface area contributed by atoms with Gasteiger partial charge in [-0.15, -0.1) is 21.5 Å². The van der Waals surface area contributed by atoms with Crippen molar-refractivity contribution in [2.24, 2.45) is 0 Å². The Labute approximate surface area is 227 Å². The van der Waals surface area contributed by atoms with Gasteiger partial charge in [-0.3, -0.25) is 9.59 Å². The maximum absolute atomic E-state index is 13.8. The van der Waals surface area contributed by atoms with Crippen LogP contribution in [0.2, 0.25) is 0 Å². The van der Waals surface area contributed by atoms with Gasteiger partial charge < -0.3 is 15.0 Å². The Morgan fingerprint density at radius 3 is 2.51 bits per heavy atom. The number of nitrogens with zero attached hydrogens (tertiary/aromatic N) is 5. The Hall–Kier alpha value is -4.03. The lowest BCUT2D eigenvalue weighted by molar-refractivity contribution is -0.142. The van der Waals surface area contributed by atoms with Gasteiger partial charge in [0, 0.05) is 19.7 Å². The minimum atomic E-state index is -1.11. The van der Waals surface area contributed by atoms with Gasteiger partial charge in [0.2, 0.25) is 17.6 Å². The topological polar surface area (TPSA) is 102 Å². The zero-order chi connectivity index (χ0) is 27.2.